The second-order valence-corrected chi connectivity index (χ2v) is 6.60. The first kappa shape index (κ1) is 16.5. The molecule has 0 aromatic carbocycles. The summed E-state index contributed by atoms with van der Waals surface area (Å²) in [4.78, 5) is 12.3. The van der Waals surface area contributed by atoms with Gasteiger partial charge in [0.05, 0.1) is 11.9 Å². The van der Waals surface area contributed by atoms with Crippen LogP contribution in [0.3, 0.4) is 0 Å². The molecule has 1 aromatic heterocycles. The Labute approximate surface area is 134 Å². The Bertz CT molecular complexity index is 517. The lowest BCUT2D eigenvalue weighted by Gasteiger charge is -2.24. The quantitative estimate of drug-likeness (QED) is 0.795. The van der Waals surface area contributed by atoms with Gasteiger partial charge in [0.1, 0.15) is 4.47 Å². The predicted molar refractivity (Wildman–Crippen MR) is 89.6 cm³/mol. The van der Waals surface area contributed by atoms with Crippen LogP contribution in [-0.4, -0.2) is 21.9 Å². The first-order valence-corrected chi connectivity index (χ1v) is 8.70. The van der Waals surface area contributed by atoms with Gasteiger partial charge in [-0.25, -0.2) is 4.68 Å². The number of nitrogens with one attached hydrogen (secondary N) is 1. The molecule has 0 amide bonds. The van der Waals surface area contributed by atoms with E-state index in [1.54, 1.807) is 6.20 Å². The molecule has 6 heteroatoms. The predicted octanol–water partition coefficient (Wildman–Crippen LogP) is 2.88. The molecule has 0 bridgehead atoms. The fraction of sp³-hybridized carbons (Fsp3) is 0.733. The van der Waals surface area contributed by atoms with Crippen molar-refractivity contribution in [2.45, 2.75) is 70.5 Å². The lowest BCUT2D eigenvalue weighted by molar-refractivity contribution is 0.522. The third-order valence-electron chi connectivity index (χ3n) is 4.12. The number of unbranched alkanes of at least 4 members (excludes halogenated alkanes) is 1. The zero-order valence-corrected chi connectivity index (χ0v) is 14.2. The summed E-state index contributed by atoms with van der Waals surface area (Å²) < 4.78 is 2.08. The fourth-order valence-corrected chi connectivity index (χ4v) is 3.17. The van der Waals surface area contributed by atoms with Gasteiger partial charge in [-0.15, -0.1) is 0 Å². The zero-order chi connectivity index (χ0) is 15.2. The Morgan fingerprint density at radius 3 is 2.95 bits per heavy atom. The average molecular weight is 357 g/mol. The van der Waals surface area contributed by atoms with Crippen molar-refractivity contribution in [3.8, 4) is 0 Å². The van der Waals surface area contributed by atoms with Crippen LogP contribution in [0.15, 0.2) is 15.5 Å². The zero-order valence-electron chi connectivity index (χ0n) is 12.6. The monoisotopic (exact) mass is 356 g/mol. The molecular formula is C15H25BrN4O. The van der Waals surface area contributed by atoms with E-state index < -0.39 is 0 Å². The van der Waals surface area contributed by atoms with Crippen molar-refractivity contribution in [3.63, 3.8) is 0 Å². The fourth-order valence-electron chi connectivity index (χ4n) is 2.75. The Morgan fingerprint density at radius 1 is 1.43 bits per heavy atom. The van der Waals surface area contributed by atoms with Crippen LogP contribution in [0, 0.1) is 0 Å². The van der Waals surface area contributed by atoms with Gasteiger partial charge in [-0.2, -0.15) is 5.10 Å². The van der Waals surface area contributed by atoms with Crippen molar-refractivity contribution in [2.24, 2.45) is 5.73 Å². The van der Waals surface area contributed by atoms with Crippen LogP contribution in [0.25, 0.3) is 0 Å². The van der Waals surface area contributed by atoms with Crippen LogP contribution in [-0.2, 0) is 6.54 Å². The molecule has 1 aliphatic carbocycles. The average Bonchev–Trinajstić information content (AvgIpc) is 2.68. The summed E-state index contributed by atoms with van der Waals surface area (Å²) in [7, 11) is 0. The van der Waals surface area contributed by atoms with Crippen LogP contribution in [0.4, 0.5) is 5.69 Å². The topological polar surface area (TPSA) is 72.9 Å². The Hall–Kier alpha value is -0.880. The maximum atomic E-state index is 12.3. The van der Waals surface area contributed by atoms with Gasteiger partial charge in [-0.1, -0.05) is 32.6 Å². The molecule has 3 N–H and O–H groups in total. The number of rotatable bonds is 5. The summed E-state index contributed by atoms with van der Waals surface area (Å²) in [6.45, 7) is 2.76. The van der Waals surface area contributed by atoms with Crippen LogP contribution in [0.5, 0.6) is 0 Å². The van der Waals surface area contributed by atoms with E-state index in [0.717, 1.165) is 31.4 Å². The maximum absolute atomic E-state index is 12.3. The number of aryl methyl sites for hydroxylation is 1. The molecule has 0 radical (unpaired) electrons. The first-order chi connectivity index (χ1) is 10.1. The van der Waals surface area contributed by atoms with E-state index in [1.807, 2.05) is 0 Å². The largest absolute Gasteiger partial charge is 0.378 e. The number of aromatic nitrogens is 2. The molecule has 0 aliphatic heterocycles. The Kier molecular flexibility index (Phi) is 6.23. The normalized spacial score (nSPS) is 22.8. The van der Waals surface area contributed by atoms with Crippen LogP contribution in [0.2, 0.25) is 0 Å². The molecule has 118 valence electrons. The highest BCUT2D eigenvalue weighted by atomic mass is 79.9. The van der Waals surface area contributed by atoms with Gasteiger partial charge in [0.15, 0.2) is 0 Å². The van der Waals surface area contributed by atoms with Crippen LogP contribution >= 0.6 is 15.9 Å². The van der Waals surface area contributed by atoms with E-state index in [2.05, 4.69) is 33.3 Å². The summed E-state index contributed by atoms with van der Waals surface area (Å²) in [6.07, 6.45) is 9.44. The second kappa shape index (κ2) is 7.94. The number of hydrogen-bond donors (Lipinski definition) is 2. The number of hydrogen-bond acceptors (Lipinski definition) is 4. The second-order valence-electron chi connectivity index (χ2n) is 5.81. The molecule has 1 saturated carbocycles. The molecule has 2 unspecified atom stereocenters. The van der Waals surface area contributed by atoms with Gasteiger partial charge in [-0.3, -0.25) is 4.79 Å². The number of halogens is 1. The minimum Gasteiger partial charge on any atom is -0.378 e. The Morgan fingerprint density at radius 2 is 2.19 bits per heavy atom. The van der Waals surface area contributed by atoms with E-state index in [1.165, 1.54) is 23.9 Å². The van der Waals surface area contributed by atoms with Crippen LogP contribution in [0.1, 0.15) is 51.9 Å². The molecule has 1 heterocycles. The molecule has 0 saturated heterocycles. The number of nitrogens with zero attached hydrogens (tertiary/aromatic N) is 2. The number of nitrogens with two attached hydrogens (primary N) is 1. The van der Waals surface area contributed by atoms with Crippen molar-refractivity contribution in [1.29, 1.82) is 0 Å². The number of anilines is 1. The van der Waals surface area contributed by atoms with Gasteiger partial charge < -0.3 is 11.1 Å². The van der Waals surface area contributed by atoms with E-state index >= 15 is 0 Å². The van der Waals surface area contributed by atoms with Gasteiger partial charge >= 0.3 is 0 Å². The minimum atomic E-state index is -0.0735. The van der Waals surface area contributed by atoms with Crippen molar-refractivity contribution >= 4 is 21.6 Å². The third kappa shape index (κ3) is 4.30. The van der Waals surface area contributed by atoms with Crippen molar-refractivity contribution in [1.82, 2.24) is 9.78 Å². The third-order valence-corrected chi connectivity index (χ3v) is 4.89. The standard InChI is InChI=1S/C15H25BrN4O/c1-2-3-9-20-15(21)14(16)13(10-18-20)19-12-8-6-4-5-7-11(12)17/h10-12,19H,2-9,17H2,1H3. The molecule has 1 aromatic rings. The summed E-state index contributed by atoms with van der Waals surface area (Å²) in [5, 5.41) is 7.68. The summed E-state index contributed by atoms with van der Waals surface area (Å²) >= 11 is 3.41. The summed E-state index contributed by atoms with van der Waals surface area (Å²) in [5.41, 5.74) is 6.91. The first-order valence-electron chi connectivity index (χ1n) is 7.91. The molecule has 2 atom stereocenters. The minimum absolute atomic E-state index is 0.0735. The molecule has 1 aliphatic rings. The Balaban J connectivity index is 2.13. The lowest BCUT2D eigenvalue weighted by atomic mass is 10.0. The van der Waals surface area contributed by atoms with Gasteiger partial charge in [-0.05, 0) is 35.2 Å². The summed E-state index contributed by atoms with van der Waals surface area (Å²) in [6, 6.07) is 0.360. The van der Waals surface area contributed by atoms with Crippen molar-refractivity contribution < 1.29 is 0 Å². The molecule has 1 fully saturated rings. The summed E-state index contributed by atoms with van der Waals surface area (Å²) in [5.74, 6) is 0. The molecular weight excluding hydrogens is 332 g/mol. The molecule has 2 rings (SSSR count). The SMILES string of the molecule is CCCCn1ncc(NC2CCCCCC2N)c(Br)c1=O. The van der Waals surface area contributed by atoms with E-state index in [-0.39, 0.29) is 17.6 Å². The van der Waals surface area contributed by atoms with Gasteiger partial charge in [0, 0.05) is 18.6 Å². The highest BCUT2D eigenvalue weighted by Gasteiger charge is 2.21. The molecule has 5 nitrogen and oxygen atoms in total. The van der Waals surface area contributed by atoms with Crippen molar-refractivity contribution in [2.75, 3.05) is 5.32 Å². The van der Waals surface area contributed by atoms with Crippen molar-refractivity contribution in [3.05, 3.63) is 21.0 Å². The van der Waals surface area contributed by atoms with E-state index in [9.17, 15) is 4.79 Å². The van der Waals surface area contributed by atoms with Gasteiger partial charge in [0.25, 0.3) is 5.56 Å². The van der Waals surface area contributed by atoms with Crippen LogP contribution < -0.4 is 16.6 Å². The highest BCUT2D eigenvalue weighted by Crippen LogP contribution is 2.23. The lowest BCUT2D eigenvalue weighted by Crippen LogP contribution is -2.40. The van der Waals surface area contributed by atoms with E-state index in [4.69, 9.17) is 5.73 Å². The highest BCUT2D eigenvalue weighted by molar-refractivity contribution is 9.10. The molecule has 0 spiro atoms. The smallest absolute Gasteiger partial charge is 0.283 e. The molecule has 21 heavy (non-hydrogen) atoms. The maximum Gasteiger partial charge on any atom is 0.283 e. The van der Waals surface area contributed by atoms with E-state index in [0.29, 0.717) is 11.0 Å². The van der Waals surface area contributed by atoms with Gasteiger partial charge in [0.2, 0.25) is 0 Å².